The Kier molecular flexibility index (Phi) is 3.61. The number of hydrogen-bond donors (Lipinski definition) is 1. The number of ether oxygens (including phenoxy) is 1. The molecule has 15 heavy (non-hydrogen) atoms. The van der Waals surface area contributed by atoms with Crippen LogP contribution >= 0.6 is 12.2 Å². The van der Waals surface area contributed by atoms with Crippen molar-refractivity contribution in [2.24, 2.45) is 11.1 Å². The zero-order valence-corrected chi connectivity index (χ0v) is 11.0. The summed E-state index contributed by atoms with van der Waals surface area (Å²) in [6.07, 6.45) is 1.01. The van der Waals surface area contributed by atoms with E-state index in [1.807, 2.05) is 4.90 Å². The van der Waals surface area contributed by atoms with E-state index in [2.05, 4.69) is 27.7 Å². The van der Waals surface area contributed by atoms with E-state index in [0.29, 0.717) is 11.7 Å². The van der Waals surface area contributed by atoms with Gasteiger partial charge < -0.3 is 15.4 Å². The largest absolute Gasteiger partial charge is 0.376 e. The minimum Gasteiger partial charge on any atom is -0.376 e. The van der Waals surface area contributed by atoms with Gasteiger partial charge in [0.25, 0.3) is 0 Å². The molecule has 0 amide bonds. The molecule has 0 saturated carbocycles. The molecule has 0 aliphatic carbocycles. The van der Waals surface area contributed by atoms with Crippen molar-refractivity contribution < 1.29 is 4.74 Å². The van der Waals surface area contributed by atoms with Crippen LogP contribution in [0.25, 0.3) is 0 Å². The lowest BCUT2D eigenvalue weighted by molar-refractivity contribution is -0.0673. The van der Waals surface area contributed by atoms with E-state index in [9.17, 15) is 0 Å². The molecule has 1 aliphatic heterocycles. The summed E-state index contributed by atoms with van der Waals surface area (Å²) in [4.78, 5) is 2.03. The molecule has 0 spiro atoms. The van der Waals surface area contributed by atoms with Crippen molar-refractivity contribution >= 4 is 17.3 Å². The first-order valence-corrected chi connectivity index (χ1v) is 5.81. The molecule has 0 aromatic heterocycles. The fourth-order valence-corrected chi connectivity index (χ4v) is 2.63. The summed E-state index contributed by atoms with van der Waals surface area (Å²) in [5, 5.41) is 0.478. The number of nitrogens with zero attached hydrogens (tertiary/aromatic N) is 1. The van der Waals surface area contributed by atoms with E-state index in [1.165, 1.54) is 0 Å². The third-order valence-electron chi connectivity index (χ3n) is 2.69. The maximum absolute atomic E-state index is 5.83. The summed E-state index contributed by atoms with van der Waals surface area (Å²) >= 11 is 5.03. The summed E-state index contributed by atoms with van der Waals surface area (Å²) in [6.45, 7) is 11.2. The zero-order chi connectivity index (χ0) is 11.7. The minimum absolute atomic E-state index is 0.0498. The Morgan fingerprint density at radius 3 is 2.47 bits per heavy atom. The molecule has 88 valence electrons. The van der Waals surface area contributed by atoms with Crippen LogP contribution in [0.2, 0.25) is 0 Å². The van der Waals surface area contributed by atoms with Crippen molar-refractivity contribution in [3.8, 4) is 0 Å². The highest BCUT2D eigenvalue weighted by molar-refractivity contribution is 7.80. The zero-order valence-electron chi connectivity index (χ0n) is 10.2. The Labute approximate surface area is 98.0 Å². The molecule has 2 N–H and O–H groups in total. The second-order valence-electron chi connectivity index (χ2n) is 5.71. The van der Waals surface area contributed by atoms with Crippen LogP contribution in [0.15, 0.2) is 0 Å². The van der Waals surface area contributed by atoms with Gasteiger partial charge in [0.2, 0.25) is 0 Å². The van der Waals surface area contributed by atoms with Crippen LogP contribution in [0.4, 0.5) is 0 Å². The Morgan fingerprint density at radius 2 is 1.93 bits per heavy atom. The molecule has 0 aromatic rings. The summed E-state index contributed by atoms with van der Waals surface area (Å²) in [5.41, 5.74) is 5.80. The third kappa shape index (κ3) is 3.95. The first-order valence-electron chi connectivity index (χ1n) is 5.40. The van der Waals surface area contributed by atoms with Crippen LogP contribution in [-0.4, -0.2) is 35.3 Å². The van der Waals surface area contributed by atoms with Crippen LogP contribution in [0.1, 0.15) is 34.1 Å². The molecule has 0 aromatic carbocycles. The average molecular weight is 230 g/mol. The SMILES string of the molecule is CC1(C)CN(C(N)=S)CCOC(C)(C)C1. The van der Waals surface area contributed by atoms with E-state index in [4.69, 9.17) is 22.7 Å². The van der Waals surface area contributed by atoms with Crippen LogP contribution < -0.4 is 5.73 Å². The van der Waals surface area contributed by atoms with Crippen LogP contribution in [0.5, 0.6) is 0 Å². The monoisotopic (exact) mass is 230 g/mol. The number of thiocarbonyl (C=S) groups is 1. The lowest BCUT2D eigenvalue weighted by Crippen LogP contribution is -2.48. The smallest absolute Gasteiger partial charge is 0.166 e. The van der Waals surface area contributed by atoms with E-state index in [1.54, 1.807) is 0 Å². The molecule has 0 atom stereocenters. The van der Waals surface area contributed by atoms with Crippen molar-refractivity contribution in [2.75, 3.05) is 19.7 Å². The van der Waals surface area contributed by atoms with Crippen molar-refractivity contribution in [1.82, 2.24) is 4.90 Å². The van der Waals surface area contributed by atoms with Crippen molar-refractivity contribution in [1.29, 1.82) is 0 Å². The molecule has 0 unspecified atom stereocenters. The predicted octanol–water partition coefficient (Wildman–Crippen LogP) is 1.76. The Bertz CT molecular complexity index is 251. The average Bonchev–Trinajstić information content (AvgIpc) is 1.96. The fourth-order valence-electron chi connectivity index (χ4n) is 2.48. The maximum atomic E-state index is 5.83. The third-order valence-corrected chi connectivity index (χ3v) is 2.95. The van der Waals surface area contributed by atoms with Crippen LogP contribution in [-0.2, 0) is 4.74 Å². The molecular formula is C11H22N2OS. The fraction of sp³-hybridized carbons (Fsp3) is 0.909. The van der Waals surface area contributed by atoms with E-state index in [0.717, 1.165) is 19.5 Å². The maximum Gasteiger partial charge on any atom is 0.166 e. The lowest BCUT2D eigenvalue weighted by Gasteiger charge is -2.41. The molecule has 3 nitrogen and oxygen atoms in total. The van der Waals surface area contributed by atoms with Gasteiger partial charge in [0.05, 0.1) is 12.2 Å². The molecule has 1 saturated heterocycles. The molecule has 1 aliphatic rings. The predicted molar refractivity (Wildman–Crippen MR) is 66.8 cm³/mol. The Hall–Kier alpha value is -0.350. The Morgan fingerprint density at radius 1 is 1.33 bits per heavy atom. The van der Waals surface area contributed by atoms with Gasteiger partial charge in [-0.3, -0.25) is 0 Å². The van der Waals surface area contributed by atoms with Gasteiger partial charge in [0.15, 0.2) is 5.11 Å². The molecule has 0 bridgehead atoms. The highest BCUT2D eigenvalue weighted by atomic mass is 32.1. The molecule has 1 heterocycles. The van der Waals surface area contributed by atoms with Gasteiger partial charge >= 0.3 is 0 Å². The number of rotatable bonds is 0. The first kappa shape index (κ1) is 12.7. The molecule has 1 fully saturated rings. The number of hydrogen-bond acceptors (Lipinski definition) is 2. The van der Waals surface area contributed by atoms with E-state index in [-0.39, 0.29) is 11.0 Å². The highest BCUT2D eigenvalue weighted by Gasteiger charge is 2.33. The van der Waals surface area contributed by atoms with Gasteiger partial charge in [-0.05, 0) is 37.9 Å². The summed E-state index contributed by atoms with van der Waals surface area (Å²) in [6, 6.07) is 0. The Balaban J connectivity index is 2.74. The molecular weight excluding hydrogens is 208 g/mol. The second-order valence-corrected chi connectivity index (χ2v) is 6.13. The molecule has 0 radical (unpaired) electrons. The van der Waals surface area contributed by atoms with Gasteiger partial charge in [-0.25, -0.2) is 0 Å². The van der Waals surface area contributed by atoms with Gasteiger partial charge in [0.1, 0.15) is 0 Å². The van der Waals surface area contributed by atoms with Gasteiger partial charge in [-0.2, -0.15) is 0 Å². The topological polar surface area (TPSA) is 38.5 Å². The molecule has 4 heteroatoms. The summed E-state index contributed by atoms with van der Waals surface area (Å²) < 4.78 is 5.83. The minimum atomic E-state index is -0.0498. The summed E-state index contributed by atoms with van der Waals surface area (Å²) in [7, 11) is 0. The van der Waals surface area contributed by atoms with E-state index >= 15 is 0 Å². The molecule has 1 rings (SSSR count). The lowest BCUT2D eigenvalue weighted by atomic mass is 9.81. The van der Waals surface area contributed by atoms with Gasteiger partial charge in [0, 0.05) is 13.1 Å². The van der Waals surface area contributed by atoms with Crippen LogP contribution in [0.3, 0.4) is 0 Å². The van der Waals surface area contributed by atoms with Crippen LogP contribution in [0, 0.1) is 5.41 Å². The second kappa shape index (κ2) is 4.26. The van der Waals surface area contributed by atoms with Gasteiger partial charge in [-0.1, -0.05) is 13.8 Å². The standard InChI is InChI=1S/C11H22N2OS/c1-10(2)7-11(3,4)14-6-5-13(8-10)9(12)15/h5-8H2,1-4H3,(H2,12,15). The van der Waals surface area contributed by atoms with Gasteiger partial charge in [-0.15, -0.1) is 0 Å². The summed E-state index contributed by atoms with van der Waals surface area (Å²) in [5.74, 6) is 0. The van der Waals surface area contributed by atoms with Crippen molar-refractivity contribution in [3.05, 3.63) is 0 Å². The number of nitrogens with two attached hydrogens (primary N) is 1. The quantitative estimate of drug-likeness (QED) is 0.644. The normalized spacial score (nSPS) is 25.5. The van der Waals surface area contributed by atoms with Crippen molar-refractivity contribution in [3.63, 3.8) is 0 Å². The first-order chi connectivity index (χ1) is 6.72. The highest BCUT2D eigenvalue weighted by Crippen LogP contribution is 2.32. The van der Waals surface area contributed by atoms with Crippen molar-refractivity contribution in [2.45, 2.75) is 39.7 Å². The van der Waals surface area contributed by atoms with E-state index < -0.39 is 0 Å².